The quantitative estimate of drug-likeness (QED) is 0.779. The van der Waals surface area contributed by atoms with Crippen LogP contribution in [0.25, 0.3) is 0 Å². The first kappa shape index (κ1) is 11.9. The van der Waals surface area contributed by atoms with Crippen LogP contribution in [0.5, 0.6) is 0 Å². The maximum absolute atomic E-state index is 8.90. The molecule has 0 aliphatic carbocycles. The van der Waals surface area contributed by atoms with Gasteiger partial charge in [0.25, 0.3) is 0 Å². The summed E-state index contributed by atoms with van der Waals surface area (Å²) >= 11 is 0. The first-order chi connectivity index (χ1) is 8.26. The van der Waals surface area contributed by atoms with E-state index in [9.17, 15) is 0 Å². The van der Waals surface area contributed by atoms with Crippen LogP contribution in [0.15, 0.2) is 12.4 Å². The second kappa shape index (κ2) is 5.19. The number of imidazole rings is 1. The molecular weight excluding hydrogens is 214 g/mol. The van der Waals surface area contributed by atoms with Gasteiger partial charge in [-0.3, -0.25) is 4.90 Å². The van der Waals surface area contributed by atoms with Gasteiger partial charge < -0.3 is 9.47 Å². The molecule has 2 rings (SSSR count). The molecule has 0 bridgehead atoms. The van der Waals surface area contributed by atoms with Gasteiger partial charge in [-0.2, -0.15) is 5.26 Å². The molecule has 0 spiro atoms. The van der Waals surface area contributed by atoms with Gasteiger partial charge in [-0.15, -0.1) is 0 Å². The Balaban J connectivity index is 1.98. The van der Waals surface area contributed by atoms with Crippen LogP contribution in [0.3, 0.4) is 0 Å². The molecule has 1 aromatic rings. The Kier molecular flexibility index (Phi) is 3.64. The van der Waals surface area contributed by atoms with Crippen molar-refractivity contribution in [3.8, 4) is 6.07 Å². The van der Waals surface area contributed by atoms with Crippen molar-refractivity contribution in [2.75, 3.05) is 31.1 Å². The van der Waals surface area contributed by atoms with Gasteiger partial charge in [-0.25, -0.2) is 4.98 Å². The summed E-state index contributed by atoms with van der Waals surface area (Å²) in [6.45, 7) is 8.80. The van der Waals surface area contributed by atoms with E-state index in [4.69, 9.17) is 5.26 Å². The van der Waals surface area contributed by atoms with E-state index in [-0.39, 0.29) is 6.04 Å². The van der Waals surface area contributed by atoms with Crippen LogP contribution in [0.2, 0.25) is 0 Å². The molecule has 0 radical (unpaired) electrons. The second-order valence-corrected chi connectivity index (χ2v) is 4.34. The molecule has 1 aromatic heterocycles. The predicted octanol–water partition coefficient (Wildman–Crippen LogP) is 0.937. The number of nitriles is 1. The monoisotopic (exact) mass is 233 g/mol. The topological polar surface area (TPSA) is 48.1 Å². The zero-order valence-corrected chi connectivity index (χ0v) is 10.5. The predicted molar refractivity (Wildman–Crippen MR) is 66.8 cm³/mol. The molecule has 0 aromatic carbocycles. The van der Waals surface area contributed by atoms with Crippen molar-refractivity contribution in [2.24, 2.45) is 0 Å². The number of aromatic nitrogens is 2. The highest BCUT2D eigenvalue weighted by Gasteiger charge is 2.22. The van der Waals surface area contributed by atoms with Crippen LogP contribution >= 0.6 is 0 Å². The summed E-state index contributed by atoms with van der Waals surface area (Å²) in [7, 11) is 0. The standard InChI is InChI=1S/C12H19N5/c1-3-15-5-4-14-12(15)17-8-6-16(7-9-17)11(2)10-13/h4-5,11H,3,6-9H2,1-2H3. The summed E-state index contributed by atoms with van der Waals surface area (Å²) in [5.74, 6) is 1.05. The molecule has 2 heterocycles. The van der Waals surface area contributed by atoms with Gasteiger partial charge in [-0.05, 0) is 13.8 Å². The summed E-state index contributed by atoms with van der Waals surface area (Å²) < 4.78 is 2.16. The molecule has 1 atom stereocenters. The van der Waals surface area contributed by atoms with Crippen LogP contribution < -0.4 is 4.90 Å². The van der Waals surface area contributed by atoms with Crippen LogP contribution in [0, 0.1) is 11.3 Å². The Bertz CT molecular complexity index is 397. The smallest absolute Gasteiger partial charge is 0.205 e. The number of hydrogen-bond donors (Lipinski definition) is 0. The fraction of sp³-hybridized carbons (Fsp3) is 0.667. The maximum Gasteiger partial charge on any atom is 0.205 e. The molecule has 0 N–H and O–H groups in total. The Morgan fingerprint density at radius 3 is 2.71 bits per heavy atom. The molecule has 0 saturated carbocycles. The average molecular weight is 233 g/mol. The van der Waals surface area contributed by atoms with E-state index < -0.39 is 0 Å². The lowest BCUT2D eigenvalue weighted by atomic mass is 10.2. The van der Waals surface area contributed by atoms with E-state index in [1.54, 1.807) is 0 Å². The van der Waals surface area contributed by atoms with Crippen molar-refractivity contribution < 1.29 is 0 Å². The van der Waals surface area contributed by atoms with Gasteiger partial charge in [0.2, 0.25) is 5.95 Å². The maximum atomic E-state index is 8.90. The molecule has 17 heavy (non-hydrogen) atoms. The summed E-state index contributed by atoms with van der Waals surface area (Å²) in [4.78, 5) is 8.92. The lowest BCUT2D eigenvalue weighted by Gasteiger charge is -2.36. The van der Waals surface area contributed by atoms with Gasteiger partial charge in [0.1, 0.15) is 0 Å². The van der Waals surface area contributed by atoms with Gasteiger partial charge in [0.15, 0.2) is 0 Å². The Hall–Kier alpha value is -1.54. The minimum Gasteiger partial charge on any atom is -0.340 e. The van der Waals surface area contributed by atoms with Gasteiger partial charge in [0, 0.05) is 45.1 Å². The van der Waals surface area contributed by atoms with Crippen LogP contribution in [-0.4, -0.2) is 46.7 Å². The van der Waals surface area contributed by atoms with Crippen molar-refractivity contribution in [1.82, 2.24) is 14.5 Å². The zero-order chi connectivity index (χ0) is 12.3. The highest BCUT2D eigenvalue weighted by atomic mass is 15.4. The Morgan fingerprint density at radius 1 is 1.41 bits per heavy atom. The third-order valence-electron chi connectivity index (χ3n) is 3.37. The summed E-state index contributed by atoms with van der Waals surface area (Å²) in [6, 6.07) is 2.31. The number of nitrogens with zero attached hydrogens (tertiary/aromatic N) is 5. The van der Waals surface area contributed by atoms with Gasteiger partial charge in [0.05, 0.1) is 12.1 Å². The minimum atomic E-state index is 0.0167. The van der Waals surface area contributed by atoms with Gasteiger partial charge >= 0.3 is 0 Å². The van der Waals surface area contributed by atoms with Crippen molar-refractivity contribution in [2.45, 2.75) is 26.4 Å². The van der Waals surface area contributed by atoms with Crippen LogP contribution in [-0.2, 0) is 6.54 Å². The third kappa shape index (κ3) is 2.42. The lowest BCUT2D eigenvalue weighted by Crippen LogP contribution is -2.50. The molecule has 0 amide bonds. The zero-order valence-electron chi connectivity index (χ0n) is 10.5. The molecule has 92 valence electrons. The largest absolute Gasteiger partial charge is 0.340 e. The van der Waals surface area contributed by atoms with E-state index in [1.807, 2.05) is 19.3 Å². The third-order valence-corrected chi connectivity index (χ3v) is 3.37. The summed E-state index contributed by atoms with van der Waals surface area (Å²) in [5.41, 5.74) is 0. The number of hydrogen-bond acceptors (Lipinski definition) is 4. The summed E-state index contributed by atoms with van der Waals surface area (Å²) in [5, 5.41) is 8.90. The molecule has 5 heteroatoms. The molecule has 1 aliphatic heterocycles. The highest BCUT2D eigenvalue weighted by Crippen LogP contribution is 2.15. The Morgan fingerprint density at radius 2 is 2.12 bits per heavy atom. The summed E-state index contributed by atoms with van der Waals surface area (Å²) in [6.07, 6.45) is 3.86. The van der Waals surface area contributed by atoms with E-state index in [1.165, 1.54) is 0 Å². The van der Waals surface area contributed by atoms with Crippen molar-refractivity contribution in [3.05, 3.63) is 12.4 Å². The fourth-order valence-electron chi connectivity index (χ4n) is 2.22. The van der Waals surface area contributed by atoms with E-state index in [0.717, 1.165) is 38.7 Å². The molecule has 5 nitrogen and oxygen atoms in total. The second-order valence-electron chi connectivity index (χ2n) is 4.34. The Labute approximate surface area is 102 Å². The van der Waals surface area contributed by atoms with Crippen LogP contribution in [0.1, 0.15) is 13.8 Å². The first-order valence-corrected chi connectivity index (χ1v) is 6.16. The molecule has 1 unspecified atom stereocenters. The molecular formula is C12H19N5. The number of rotatable bonds is 3. The fourth-order valence-corrected chi connectivity index (χ4v) is 2.22. The first-order valence-electron chi connectivity index (χ1n) is 6.16. The highest BCUT2D eigenvalue weighted by molar-refractivity contribution is 5.32. The molecule has 1 saturated heterocycles. The number of anilines is 1. The molecule has 1 aliphatic rings. The normalized spacial score (nSPS) is 19.0. The van der Waals surface area contributed by atoms with Crippen molar-refractivity contribution >= 4 is 5.95 Å². The average Bonchev–Trinajstić information content (AvgIpc) is 2.86. The van der Waals surface area contributed by atoms with E-state index >= 15 is 0 Å². The molecule has 1 fully saturated rings. The van der Waals surface area contributed by atoms with E-state index in [0.29, 0.717) is 0 Å². The van der Waals surface area contributed by atoms with Gasteiger partial charge in [-0.1, -0.05) is 0 Å². The van der Waals surface area contributed by atoms with Crippen LogP contribution in [0.4, 0.5) is 5.95 Å². The van der Waals surface area contributed by atoms with E-state index in [2.05, 4.69) is 32.3 Å². The number of aryl methyl sites for hydroxylation is 1. The van der Waals surface area contributed by atoms with Crippen molar-refractivity contribution in [3.63, 3.8) is 0 Å². The number of piperazine rings is 1. The van der Waals surface area contributed by atoms with Crippen molar-refractivity contribution in [1.29, 1.82) is 5.26 Å². The SMILES string of the molecule is CCn1ccnc1N1CCN(C(C)C#N)CC1. The lowest BCUT2D eigenvalue weighted by molar-refractivity contribution is 0.230. The minimum absolute atomic E-state index is 0.0167.